The summed E-state index contributed by atoms with van der Waals surface area (Å²) in [5.74, 6) is -2.51. The van der Waals surface area contributed by atoms with Crippen molar-refractivity contribution in [3.63, 3.8) is 0 Å². The lowest BCUT2D eigenvalue weighted by Gasteiger charge is -2.36. The van der Waals surface area contributed by atoms with Crippen LogP contribution < -0.4 is 10.6 Å². The van der Waals surface area contributed by atoms with Crippen LogP contribution in [0.1, 0.15) is 34.1 Å². The number of amidine groups is 1. The fraction of sp³-hybridized carbons (Fsp3) is 0.375. The number of hydrogen-bond acceptors (Lipinski definition) is 4. The highest BCUT2D eigenvalue weighted by molar-refractivity contribution is 5.99. The van der Waals surface area contributed by atoms with Crippen molar-refractivity contribution < 1.29 is 18.4 Å². The number of carbonyl (C=O) groups excluding carboxylic acids is 2. The van der Waals surface area contributed by atoms with E-state index in [1.807, 2.05) is 6.92 Å². The molecule has 2 N–H and O–H groups in total. The third kappa shape index (κ3) is 5.13. The van der Waals surface area contributed by atoms with E-state index < -0.39 is 11.8 Å². The number of anilines is 1. The van der Waals surface area contributed by atoms with Gasteiger partial charge in [-0.15, -0.1) is 0 Å². The van der Waals surface area contributed by atoms with E-state index in [4.69, 9.17) is 5.73 Å². The molecule has 0 saturated carbocycles. The lowest BCUT2D eigenvalue weighted by molar-refractivity contribution is 0.0257. The second-order valence-corrected chi connectivity index (χ2v) is 8.39. The molecule has 0 radical (unpaired) electrons. The van der Waals surface area contributed by atoms with E-state index >= 15 is 0 Å². The Morgan fingerprint density at radius 1 is 0.939 bits per heavy atom. The maximum absolute atomic E-state index is 13.5. The van der Waals surface area contributed by atoms with E-state index in [0.717, 1.165) is 5.84 Å². The molecule has 2 fully saturated rings. The van der Waals surface area contributed by atoms with E-state index in [0.29, 0.717) is 55.2 Å². The molecule has 0 aliphatic carbocycles. The number of alkyl halides is 2. The Labute approximate surface area is 191 Å². The predicted molar refractivity (Wildman–Crippen MR) is 123 cm³/mol. The molecule has 4 rings (SSSR count). The largest absolute Gasteiger partial charge is 0.366 e. The highest BCUT2D eigenvalue weighted by Crippen LogP contribution is 2.31. The summed E-state index contributed by atoms with van der Waals surface area (Å²) >= 11 is 0. The summed E-state index contributed by atoms with van der Waals surface area (Å²) in [5.41, 5.74) is 7.57. The number of para-hydroxylation sites is 1. The van der Waals surface area contributed by atoms with Gasteiger partial charge in [-0.3, -0.25) is 9.59 Å². The van der Waals surface area contributed by atoms with Crippen LogP contribution in [-0.2, 0) is 0 Å². The van der Waals surface area contributed by atoms with Gasteiger partial charge in [0.1, 0.15) is 5.84 Å². The zero-order chi connectivity index (χ0) is 23.6. The quantitative estimate of drug-likeness (QED) is 0.567. The summed E-state index contributed by atoms with van der Waals surface area (Å²) in [6.07, 6.45) is -0.144. The fourth-order valence-corrected chi connectivity index (χ4v) is 4.21. The minimum atomic E-state index is -2.66. The molecule has 7 nitrogen and oxygen atoms in total. The number of nitrogens with two attached hydrogens (primary N) is 1. The highest BCUT2D eigenvalue weighted by Gasteiger charge is 2.38. The number of aliphatic imine (C=N–C) groups is 1. The van der Waals surface area contributed by atoms with Gasteiger partial charge in [0, 0.05) is 50.4 Å². The zero-order valence-electron chi connectivity index (χ0n) is 18.5. The van der Waals surface area contributed by atoms with Crippen molar-refractivity contribution in [1.82, 2.24) is 9.80 Å². The Morgan fingerprint density at radius 2 is 1.58 bits per heavy atom. The number of nitrogens with zero attached hydrogens (tertiary/aromatic N) is 4. The first kappa shape index (κ1) is 22.7. The van der Waals surface area contributed by atoms with Crippen LogP contribution in [0.3, 0.4) is 0 Å². The average Bonchev–Trinajstić information content (AvgIpc) is 3.18. The number of amides is 2. The zero-order valence-corrected chi connectivity index (χ0v) is 18.5. The second-order valence-electron chi connectivity index (χ2n) is 8.39. The number of carbonyl (C=O) groups is 2. The Bertz CT molecular complexity index is 1060. The minimum Gasteiger partial charge on any atom is -0.366 e. The first-order valence-corrected chi connectivity index (χ1v) is 10.9. The summed E-state index contributed by atoms with van der Waals surface area (Å²) in [7, 11) is 0. The van der Waals surface area contributed by atoms with E-state index in [1.165, 1.54) is 0 Å². The van der Waals surface area contributed by atoms with Crippen LogP contribution in [0, 0.1) is 0 Å². The van der Waals surface area contributed by atoms with E-state index in [9.17, 15) is 18.4 Å². The molecule has 2 aromatic rings. The molecule has 174 valence electrons. The van der Waals surface area contributed by atoms with Gasteiger partial charge in [0.05, 0.1) is 17.8 Å². The molecule has 0 spiro atoms. The number of primary amides is 1. The standard InChI is InChI=1S/C24H27F2N5O2/c1-17(28-21-5-3-2-4-20(21)22(27)32)29-12-14-30(15-13-29)23(33)18-6-8-19(9-7-18)31-11-10-24(25,26)16-31/h2-9H,10-16H2,1H3,(H2,27,32)/b28-17+. The first-order valence-electron chi connectivity index (χ1n) is 10.9. The lowest BCUT2D eigenvalue weighted by atomic mass is 10.1. The highest BCUT2D eigenvalue weighted by atomic mass is 19.3. The Morgan fingerprint density at radius 3 is 2.18 bits per heavy atom. The van der Waals surface area contributed by atoms with Gasteiger partial charge in [-0.05, 0) is 43.3 Å². The van der Waals surface area contributed by atoms with E-state index in [-0.39, 0.29) is 18.9 Å². The molecule has 9 heteroatoms. The number of hydrogen-bond donors (Lipinski definition) is 1. The van der Waals surface area contributed by atoms with Crippen molar-refractivity contribution in [3.05, 3.63) is 59.7 Å². The summed E-state index contributed by atoms with van der Waals surface area (Å²) in [4.78, 5) is 34.6. The molecular formula is C24H27F2N5O2. The fourth-order valence-electron chi connectivity index (χ4n) is 4.21. The Hall–Kier alpha value is -3.49. The molecule has 2 heterocycles. The molecule has 2 amide bonds. The van der Waals surface area contributed by atoms with Crippen LogP contribution in [0.15, 0.2) is 53.5 Å². The molecule has 0 aromatic heterocycles. The van der Waals surface area contributed by atoms with Gasteiger partial charge in [-0.25, -0.2) is 13.8 Å². The first-order chi connectivity index (χ1) is 15.7. The van der Waals surface area contributed by atoms with Crippen molar-refractivity contribution in [1.29, 1.82) is 0 Å². The van der Waals surface area contributed by atoms with Crippen molar-refractivity contribution in [3.8, 4) is 0 Å². The lowest BCUT2D eigenvalue weighted by Crippen LogP contribution is -2.50. The third-order valence-corrected chi connectivity index (χ3v) is 6.13. The maximum Gasteiger partial charge on any atom is 0.266 e. The van der Waals surface area contributed by atoms with Crippen LogP contribution in [0.2, 0.25) is 0 Å². The Kier molecular flexibility index (Phi) is 6.31. The molecule has 2 aromatic carbocycles. The monoisotopic (exact) mass is 455 g/mol. The molecule has 2 aliphatic heterocycles. The van der Waals surface area contributed by atoms with Crippen molar-refractivity contribution in [2.24, 2.45) is 10.7 Å². The third-order valence-electron chi connectivity index (χ3n) is 6.13. The van der Waals surface area contributed by atoms with Gasteiger partial charge in [0.2, 0.25) is 0 Å². The van der Waals surface area contributed by atoms with Crippen LogP contribution in [-0.4, -0.2) is 72.6 Å². The molecule has 2 saturated heterocycles. The van der Waals surface area contributed by atoms with Crippen LogP contribution in [0.25, 0.3) is 0 Å². The summed E-state index contributed by atoms with van der Waals surface area (Å²) in [6.45, 7) is 4.18. The van der Waals surface area contributed by atoms with Gasteiger partial charge in [0.25, 0.3) is 17.7 Å². The van der Waals surface area contributed by atoms with E-state index in [1.54, 1.807) is 58.3 Å². The number of rotatable bonds is 4. The smallest absolute Gasteiger partial charge is 0.266 e. The van der Waals surface area contributed by atoms with Crippen molar-refractivity contribution in [2.45, 2.75) is 19.3 Å². The van der Waals surface area contributed by atoms with Gasteiger partial charge < -0.3 is 20.4 Å². The number of piperazine rings is 1. The topological polar surface area (TPSA) is 82.2 Å². The molecule has 0 unspecified atom stereocenters. The minimum absolute atomic E-state index is 0.0818. The maximum atomic E-state index is 13.5. The van der Waals surface area contributed by atoms with Crippen LogP contribution >= 0.6 is 0 Å². The molecule has 0 atom stereocenters. The normalized spacial score (nSPS) is 18.5. The molecule has 2 aliphatic rings. The Balaban J connectivity index is 1.36. The van der Waals surface area contributed by atoms with Crippen molar-refractivity contribution >= 4 is 29.0 Å². The van der Waals surface area contributed by atoms with Gasteiger partial charge in [-0.2, -0.15) is 0 Å². The van der Waals surface area contributed by atoms with E-state index in [2.05, 4.69) is 9.89 Å². The molecule has 0 bridgehead atoms. The predicted octanol–water partition coefficient (Wildman–Crippen LogP) is 3.14. The van der Waals surface area contributed by atoms with Gasteiger partial charge in [-0.1, -0.05) is 12.1 Å². The average molecular weight is 456 g/mol. The van der Waals surface area contributed by atoms with Crippen molar-refractivity contribution in [2.75, 3.05) is 44.2 Å². The van der Waals surface area contributed by atoms with Crippen LogP contribution in [0.4, 0.5) is 20.2 Å². The van der Waals surface area contributed by atoms with Gasteiger partial charge >= 0.3 is 0 Å². The van der Waals surface area contributed by atoms with Crippen LogP contribution in [0.5, 0.6) is 0 Å². The summed E-state index contributed by atoms with van der Waals surface area (Å²) < 4.78 is 26.9. The number of benzene rings is 2. The van der Waals surface area contributed by atoms with Gasteiger partial charge in [0.15, 0.2) is 0 Å². The summed E-state index contributed by atoms with van der Waals surface area (Å²) in [6, 6.07) is 13.8. The second kappa shape index (κ2) is 9.17. The summed E-state index contributed by atoms with van der Waals surface area (Å²) in [5, 5.41) is 0. The molecular weight excluding hydrogens is 428 g/mol. The SMILES string of the molecule is C/C(=N\c1ccccc1C(N)=O)N1CCN(C(=O)c2ccc(N3CCC(F)(F)C3)cc2)CC1. The number of halogens is 2. The molecule has 33 heavy (non-hydrogen) atoms.